The van der Waals surface area contributed by atoms with Crippen molar-refractivity contribution in [2.75, 3.05) is 0 Å². The number of rotatable bonds is 3. The van der Waals surface area contributed by atoms with E-state index in [-0.39, 0.29) is 6.61 Å². The van der Waals surface area contributed by atoms with E-state index in [4.69, 9.17) is 4.42 Å². The predicted molar refractivity (Wildman–Crippen MR) is 111 cm³/mol. The van der Waals surface area contributed by atoms with Crippen LogP contribution in [0.25, 0.3) is 44.2 Å². The van der Waals surface area contributed by atoms with E-state index in [1.807, 2.05) is 36.4 Å². The molecule has 0 spiro atoms. The first-order valence-electron chi connectivity index (χ1n) is 9.04. The molecule has 0 fully saturated rings. The Bertz CT molecular complexity index is 1260. The van der Waals surface area contributed by atoms with Crippen molar-refractivity contribution in [2.24, 2.45) is 0 Å². The largest absolute Gasteiger partial charge is 0.455 e. The summed E-state index contributed by atoms with van der Waals surface area (Å²) in [5.41, 5.74) is 7.16. The third-order valence-corrected chi connectivity index (χ3v) is 5.02. The van der Waals surface area contributed by atoms with E-state index >= 15 is 0 Å². The molecule has 130 valence electrons. The maximum absolute atomic E-state index is 9.42. The van der Waals surface area contributed by atoms with Crippen LogP contribution in [-0.2, 0) is 6.61 Å². The average molecular weight is 350 g/mol. The van der Waals surface area contributed by atoms with Crippen LogP contribution in [0.5, 0.6) is 0 Å². The van der Waals surface area contributed by atoms with E-state index < -0.39 is 0 Å². The number of benzene rings is 4. The Morgan fingerprint density at radius 1 is 0.630 bits per heavy atom. The molecule has 0 aliphatic heterocycles. The molecule has 0 saturated heterocycles. The molecule has 0 radical (unpaired) electrons. The van der Waals surface area contributed by atoms with E-state index in [9.17, 15) is 5.11 Å². The van der Waals surface area contributed by atoms with Gasteiger partial charge in [0.1, 0.15) is 11.2 Å². The molecular weight excluding hydrogens is 332 g/mol. The Kier molecular flexibility index (Phi) is 3.77. The van der Waals surface area contributed by atoms with Gasteiger partial charge < -0.3 is 9.52 Å². The number of fused-ring (bicyclic) bond motifs is 3. The monoisotopic (exact) mass is 350 g/mol. The summed E-state index contributed by atoms with van der Waals surface area (Å²) < 4.78 is 6.19. The van der Waals surface area contributed by atoms with Gasteiger partial charge in [0, 0.05) is 16.3 Å². The molecule has 1 heterocycles. The zero-order chi connectivity index (χ0) is 18.2. The van der Waals surface area contributed by atoms with Gasteiger partial charge in [-0.15, -0.1) is 0 Å². The van der Waals surface area contributed by atoms with Gasteiger partial charge in [0.2, 0.25) is 0 Å². The molecule has 2 nitrogen and oxygen atoms in total. The summed E-state index contributed by atoms with van der Waals surface area (Å²) in [5, 5.41) is 11.7. The minimum absolute atomic E-state index is 0.0474. The van der Waals surface area contributed by atoms with Gasteiger partial charge in [0.05, 0.1) is 6.61 Å². The second-order valence-corrected chi connectivity index (χ2v) is 6.72. The third kappa shape index (κ3) is 2.71. The van der Waals surface area contributed by atoms with Gasteiger partial charge in [0.25, 0.3) is 0 Å². The lowest BCUT2D eigenvalue weighted by Crippen LogP contribution is -1.85. The molecule has 0 unspecified atom stereocenters. The number of aliphatic hydroxyl groups is 1. The van der Waals surface area contributed by atoms with Crippen molar-refractivity contribution in [3.63, 3.8) is 0 Å². The van der Waals surface area contributed by atoms with Gasteiger partial charge >= 0.3 is 0 Å². The summed E-state index contributed by atoms with van der Waals surface area (Å²) in [6.45, 7) is 0.0474. The van der Waals surface area contributed by atoms with E-state index in [0.29, 0.717) is 0 Å². The quantitative estimate of drug-likeness (QED) is 0.408. The Morgan fingerprint density at radius 2 is 1.33 bits per heavy atom. The topological polar surface area (TPSA) is 33.4 Å². The van der Waals surface area contributed by atoms with E-state index in [2.05, 4.69) is 54.6 Å². The summed E-state index contributed by atoms with van der Waals surface area (Å²) in [6, 6.07) is 30.9. The molecule has 1 aromatic heterocycles. The standard InChI is InChI=1S/C25H18O2/c26-16-17-6-3-7-18(14-17)19-8-4-9-20(15-19)21-11-5-12-23-22-10-1-2-13-24(22)27-25(21)23/h1-15,26H,16H2. The first-order valence-corrected chi connectivity index (χ1v) is 9.04. The van der Waals surface area contributed by atoms with Crippen molar-refractivity contribution in [2.45, 2.75) is 6.61 Å². The average Bonchev–Trinajstić information content (AvgIpc) is 3.13. The highest BCUT2D eigenvalue weighted by Gasteiger charge is 2.12. The Balaban J connectivity index is 1.69. The van der Waals surface area contributed by atoms with Crippen LogP contribution in [0, 0.1) is 0 Å². The number of para-hydroxylation sites is 2. The van der Waals surface area contributed by atoms with Crippen LogP contribution in [0.15, 0.2) is 95.4 Å². The zero-order valence-electron chi connectivity index (χ0n) is 14.7. The molecule has 4 aromatic carbocycles. The lowest BCUT2D eigenvalue weighted by molar-refractivity contribution is 0.282. The van der Waals surface area contributed by atoms with Crippen LogP contribution in [0.1, 0.15) is 5.56 Å². The fourth-order valence-corrected chi connectivity index (χ4v) is 3.69. The van der Waals surface area contributed by atoms with Crippen LogP contribution in [0.3, 0.4) is 0 Å². The van der Waals surface area contributed by atoms with Gasteiger partial charge in [0.15, 0.2) is 0 Å². The molecule has 1 N–H and O–H groups in total. The lowest BCUT2D eigenvalue weighted by atomic mass is 9.97. The molecule has 0 aliphatic rings. The molecule has 0 saturated carbocycles. The van der Waals surface area contributed by atoms with E-state index in [1.54, 1.807) is 0 Å². The Labute approximate surface area is 157 Å². The summed E-state index contributed by atoms with van der Waals surface area (Å²) in [7, 11) is 0. The molecule has 5 rings (SSSR count). The van der Waals surface area contributed by atoms with Crippen LogP contribution >= 0.6 is 0 Å². The predicted octanol–water partition coefficient (Wildman–Crippen LogP) is 6.41. The van der Waals surface area contributed by atoms with Crippen LogP contribution in [0.2, 0.25) is 0 Å². The Hall–Kier alpha value is -3.36. The van der Waals surface area contributed by atoms with Gasteiger partial charge in [-0.2, -0.15) is 0 Å². The van der Waals surface area contributed by atoms with Gasteiger partial charge in [-0.3, -0.25) is 0 Å². The molecule has 0 atom stereocenters. The smallest absolute Gasteiger partial charge is 0.143 e. The fraction of sp³-hybridized carbons (Fsp3) is 0.0400. The van der Waals surface area contributed by atoms with Crippen molar-refractivity contribution >= 4 is 21.9 Å². The highest BCUT2D eigenvalue weighted by Crippen LogP contribution is 2.36. The second-order valence-electron chi connectivity index (χ2n) is 6.72. The minimum atomic E-state index is 0.0474. The van der Waals surface area contributed by atoms with Crippen molar-refractivity contribution in [1.82, 2.24) is 0 Å². The van der Waals surface area contributed by atoms with Crippen molar-refractivity contribution in [3.05, 3.63) is 96.6 Å². The van der Waals surface area contributed by atoms with Gasteiger partial charge in [-0.25, -0.2) is 0 Å². The maximum Gasteiger partial charge on any atom is 0.143 e. The normalized spacial score (nSPS) is 11.3. The van der Waals surface area contributed by atoms with Crippen LogP contribution < -0.4 is 0 Å². The highest BCUT2D eigenvalue weighted by molar-refractivity contribution is 6.09. The summed E-state index contributed by atoms with van der Waals surface area (Å²) in [6.07, 6.45) is 0. The Morgan fingerprint density at radius 3 is 2.22 bits per heavy atom. The molecule has 0 bridgehead atoms. The van der Waals surface area contributed by atoms with E-state index in [1.165, 1.54) is 0 Å². The molecule has 0 amide bonds. The van der Waals surface area contributed by atoms with E-state index in [0.717, 1.165) is 49.8 Å². The fourth-order valence-electron chi connectivity index (χ4n) is 3.69. The highest BCUT2D eigenvalue weighted by atomic mass is 16.3. The van der Waals surface area contributed by atoms with Gasteiger partial charge in [-0.05, 0) is 40.5 Å². The molecule has 5 aromatic rings. The molecule has 0 aliphatic carbocycles. The van der Waals surface area contributed by atoms with Crippen LogP contribution in [-0.4, -0.2) is 5.11 Å². The van der Waals surface area contributed by atoms with Crippen LogP contribution in [0.4, 0.5) is 0 Å². The van der Waals surface area contributed by atoms with Gasteiger partial charge in [-0.1, -0.05) is 72.8 Å². The SMILES string of the molecule is OCc1cccc(-c2cccc(-c3cccc4c3oc3ccccc34)c2)c1. The van der Waals surface area contributed by atoms with Crippen molar-refractivity contribution in [3.8, 4) is 22.3 Å². The number of aliphatic hydroxyl groups excluding tert-OH is 1. The first kappa shape index (κ1) is 15.9. The lowest BCUT2D eigenvalue weighted by Gasteiger charge is -2.08. The minimum Gasteiger partial charge on any atom is -0.455 e. The summed E-state index contributed by atoms with van der Waals surface area (Å²) in [5.74, 6) is 0. The first-order chi connectivity index (χ1) is 13.3. The number of furan rings is 1. The second kappa shape index (κ2) is 6.42. The zero-order valence-corrected chi connectivity index (χ0v) is 14.7. The number of hydrogen-bond acceptors (Lipinski definition) is 2. The molecular formula is C25H18O2. The summed E-state index contributed by atoms with van der Waals surface area (Å²) in [4.78, 5) is 0. The molecule has 27 heavy (non-hydrogen) atoms. The van der Waals surface area contributed by atoms with Crippen molar-refractivity contribution in [1.29, 1.82) is 0 Å². The van der Waals surface area contributed by atoms with Crippen molar-refractivity contribution < 1.29 is 9.52 Å². The number of hydrogen-bond donors (Lipinski definition) is 1. The third-order valence-electron chi connectivity index (χ3n) is 5.02. The maximum atomic E-state index is 9.42. The molecule has 2 heteroatoms. The summed E-state index contributed by atoms with van der Waals surface area (Å²) >= 11 is 0.